The number of ether oxygens (including phenoxy) is 2. The van der Waals surface area contributed by atoms with Gasteiger partial charge in [0.1, 0.15) is 6.61 Å². The van der Waals surface area contributed by atoms with E-state index in [1.165, 1.54) is 0 Å². The number of benzene rings is 2. The summed E-state index contributed by atoms with van der Waals surface area (Å²) in [5, 5.41) is 1.10. The van der Waals surface area contributed by atoms with Gasteiger partial charge in [-0.1, -0.05) is 30.3 Å². The molecule has 2 atom stereocenters. The molecule has 2 heterocycles. The first kappa shape index (κ1) is 18.4. The average Bonchev–Trinajstić information content (AvgIpc) is 3.31. The van der Waals surface area contributed by atoms with Crippen LogP contribution in [0.25, 0.3) is 10.9 Å². The molecule has 1 aliphatic rings. The molecule has 146 valence electrons. The zero-order chi connectivity index (χ0) is 19.5. The smallest absolute Gasteiger partial charge is 0.410 e. The van der Waals surface area contributed by atoms with Crippen LogP contribution in [0.5, 0.6) is 0 Å². The molecule has 0 saturated carbocycles. The molecule has 0 spiro atoms. The lowest BCUT2D eigenvalue weighted by molar-refractivity contribution is 0.0789. The number of amides is 1. The van der Waals surface area contributed by atoms with E-state index < -0.39 is 0 Å². The number of fused-ring (bicyclic) bond motifs is 1. The van der Waals surface area contributed by atoms with Crippen molar-refractivity contribution in [2.24, 2.45) is 0 Å². The highest BCUT2D eigenvalue weighted by Crippen LogP contribution is 2.26. The van der Waals surface area contributed by atoms with E-state index in [0.717, 1.165) is 28.6 Å². The van der Waals surface area contributed by atoms with Gasteiger partial charge in [-0.25, -0.2) is 4.79 Å². The van der Waals surface area contributed by atoms with Crippen LogP contribution >= 0.6 is 0 Å². The maximum Gasteiger partial charge on any atom is 0.410 e. The van der Waals surface area contributed by atoms with Gasteiger partial charge in [0.15, 0.2) is 0 Å². The third-order valence-electron chi connectivity index (χ3n) is 5.35. The van der Waals surface area contributed by atoms with Crippen LogP contribution < -0.4 is 5.73 Å². The molecule has 28 heavy (non-hydrogen) atoms. The first-order chi connectivity index (χ1) is 13.6. The summed E-state index contributed by atoms with van der Waals surface area (Å²) in [5.74, 6) is 0. The minimum absolute atomic E-state index is 0.0152. The Balaban J connectivity index is 1.48. The highest BCUT2D eigenvalue weighted by Gasteiger charge is 2.36. The van der Waals surface area contributed by atoms with Gasteiger partial charge < -0.3 is 24.7 Å². The average molecular weight is 379 g/mol. The molecule has 0 bridgehead atoms. The number of hydrogen-bond donors (Lipinski definition) is 1. The normalized spacial score (nSPS) is 19.2. The molecule has 1 saturated heterocycles. The lowest BCUT2D eigenvalue weighted by Gasteiger charge is -2.24. The van der Waals surface area contributed by atoms with E-state index >= 15 is 0 Å². The molecule has 3 aromatic rings. The van der Waals surface area contributed by atoms with Crippen LogP contribution in [0.4, 0.5) is 10.5 Å². The predicted molar refractivity (Wildman–Crippen MR) is 109 cm³/mol. The summed E-state index contributed by atoms with van der Waals surface area (Å²) in [6, 6.07) is 17.7. The summed E-state index contributed by atoms with van der Waals surface area (Å²) in [7, 11) is 1.69. The van der Waals surface area contributed by atoms with Gasteiger partial charge in [0.05, 0.1) is 18.7 Å². The number of carbonyl (C=O) groups excluding carboxylic acids is 1. The molecule has 1 fully saturated rings. The maximum absolute atomic E-state index is 12.7. The quantitative estimate of drug-likeness (QED) is 0.687. The molecule has 1 amide bonds. The number of nitrogen functional groups attached to an aromatic ring is 1. The van der Waals surface area contributed by atoms with Crippen LogP contribution in [0.15, 0.2) is 60.8 Å². The zero-order valence-corrected chi connectivity index (χ0v) is 16.0. The number of rotatable bonds is 5. The maximum atomic E-state index is 12.7. The number of nitrogens with zero attached hydrogens (tertiary/aromatic N) is 2. The molecule has 6 heteroatoms. The Morgan fingerprint density at radius 2 is 2.00 bits per heavy atom. The Labute approximate surface area is 164 Å². The van der Waals surface area contributed by atoms with Crippen molar-refractivity contribution in [3.05, 3.63) is 66.4 Å². The molecule has 1 aliphatic heterocycles. The molecule has 2 N–H and O–H groups in total. The first-order valence-electron chi connectivity index (χ1n) is 9.48. The van der Waals surface area contributed by atoms with E-state index in [1.807, 2.05) is 60.8 Å². The predicted octanol–water partition coefficient (Wildman–Crippen LogP) is 3.65. The summed E-state index contributed by atoms with van der Waals surface area (Å²) in [4.78, 5) is 14.5. The fraction of sp³-hybridized carbons (Fsp3) is 0.318. The summed E-state index contributed by atoms with van der Waals surface area (Å²) < 4.78 is 13.3. The van der Waals surface area contributed by atoms with Crippen molar-refractivity contribution < 1.29 is 14.3 Å². The van der Waals surface area contributed by atoms with E-state index in [0.29, 0.717) is 13.1 Å². The number of likely N-dealkylation sites (tertiary alicyclic amines) is 1. The molecule has 6 nitrogen and oxygen atoms in total. The number of anilines is 1. The van der Waals surface area contributed by atoms with Crippen LogP contribution in [0.1, 0.15) is 12.0 Å². The molecule has 2 unspecified atom stereocenters. The molecular formula is C22H25N3O3. The molecular weight excluding hydrogens is 354 g/mol. The standard InChI is InChI=1S/C22H25N3O3/c1-27-20-12-19(13-24-10-9-17-11-18(23)7-8-21(17)24)25(14-20)22(26)28-15-16-5-3-2-4-6-16/h2-11,19-20H,12-15,23H2,1H3. The van der Waals surface area contributed by atoms with Crippen molar-refractivity contribution in [1.29, 1.82) is 0 Å². The number of carbonyl (C=O) groups is 1. The van der Waals surface area contributed by atoms with Gasteiger partial charge in [0.2, 0.25) is 0 Å². The monoisotopic (exact) mass is 379 g/mol. The molecule has 2 aromatic carbocycles. The second kappa shape index (κ2) is 7.94. The number of hydrogen-bond acceptors (Lipinski definition) is 4. The van der Waals surface area contributed by atoms with E-state index in [-0.39, 0.29) is 24.8 Å². The summed E-state index contributed by atoms with van der Waals surface area (Å²) in [5.41, 5.74) is 8.71. The minimum Gasteiger partial charge on any atom is -0.445 e. The first-order valence-corrected chi connectivity index (χ1v) is 9.48. The Kier molecular flexibility index (Phi) is 5.21. The Bertz CT molecular complexity index is 954. The van der Waals surface area contributed by atoms with Crippen LogP contribution in [-0.2, 0) is 22.6 Å². The third kappa shape index (κ3) is 3.82. The molecule has 0 aliphatic carbocycles. The molecule has 4 rings (SSSR count). The molecule has 1 aromatic heterocycles. The number of methoxy groups -OCH3 is 1. The number of nitrogens with two attached hydrogens (primary N) is 1. The Morgan fingerprint density at radius 1 is 1.18 bits per heavy atom. The van der Waals surface area contributed by atoms with Gasteiger partial charge in [-0.2, -0.15) is 0 Å². The third-order valence-corrected chi connectivity index (χ3v) is 5.35. The van der Waals surface area contributed by atoms with Gasteiger partial charge in [-0.15, -0.1) is 0 Å². The Hall–Kier alpha value is -2.99. The van der Waals surface area contributed by atoms with Crippen LogP contribution in [-0.4, -0.2) is 41.4 Å². The highest BCUT2D eigenvalue weighted by atomic mass is 16.6. The van der Waals surface area contributed by atoms with Crippen molar-refractivity contribution in [3.8, 4) is 0 Å². The second-order valence-electron chi connectivity index (χ2n) is 7.23. The van der Waals surface area contributed by atoms with Crippen molar-refractivity contribution in [2.45, 2.75) is 31.7 Å². The minimum atomic E-state index is -0.297. The number of aromatic nitrogens is 1. The fourth-order valence-corrected chi connectivity index (χ4v) is 3.85. The van der Waals surface area contributed by atoms with Crippen LogP contribution in [0, 0.1) is 0 Å². The van der Waals surface area contributed by atoms with Gasteiger partial charge in [0, 0.05) is 36.4 Å². The van der Waals surface area contributed by atoms with E-state index in [1.54, 1.807) is 12.0 Å². The second-order valence-corrected chi connectivity index (χ2v) is 7.23. The topological polar surface area (TPSA) is 69.7 Å². The molecule has 0 radical (unpaired) electrons. The van der Waals surface area contributed by atoms with Gasteiger partial charge in [-0.3, -0.25) is 0 Å². The van der Waals surface area contributed by atoms with Gasteiger partial charge >= 0.3 is 6.09 Å². The lowest BCUT2D eigenvalue weighted by atomic mass is 10.2. The zero-order valence-electron chi connectivity index (χ0n) is 16.0. The summed E-state index contributed by atoms with van der Waals surface area (Å²) >= 11 is 0. The summed E-state index contributed by atoms with van der Waals surface area (Å²) in [6.07, 6.45) is 2.55. The van der Waals surface area contributed by atoms with E-state index in [2.05, 4.69) is 4.57 Å². The van der Waals surface area contributed by atoms with Gasteiger partial charge in [0.25, 0.3) is 0 Å². The summed E-state index contributed by atoms with van der Waals surface area (Å²) in [6.45, 7) is 1.50. The highest BCUT2D eigenvalue weighted by molar-refractivity contribution is 5.83. The SMILES string of the molecule is COC1CC(Cn2ccc3cc(N)ccc32)N(C(=O)OCc2ccccc2)C1. The van der Waals surface area contributed by atoms with Crippen molar-refractivity contribution in [3.63, 3.8) is 0 Å². The Morgan fingerprint density at radius 3 is 2.79 bits per heavy atom. The fourth-order valence-electron chi connectivity index (χ4n) is 3.85. The van der Waals surface area contributed by atoms with Crippen molar-refractivity contribution in [2.75, 3.05) is 19.4 Å². The largest absolute Gasteiger partial charge is 0.445 e. The van der Waals surface area contributed by atoms with E-state index in [4.69, 9.17) is 15.2 Å². The van der Waals surface area contributed by atoms with Crippen molar-refractivity contribution >= 4 is 22.7 Å². The van der Waals surface area contributed by atoms with Crippen LogP contribution in [0.2, 0.25) is 0 Å². The van der Waals surface area contributed by atoms with E-state index in [9.17, 15) is 4.79 Å². The van der Waals surface area contributed by atoms with Crippen LogP contribution in [0.3, 0.4) is 0 Å². The van der Waals surface area contributed by atoms with Gasteiger partial charge in [-0.05, 0) is 36.2 Å². The van der Waals surface area contributed by atoms with Crippen molar-refractivity contribution in [1.82, 2.24) is 9.47 Å². The lowest BCUT2D eigenvalue weighted by Crippen LogP contribution is -2.38.